The van der Waals surface area contributed by atoms with Crippen molar-refractivity contribution in [1.29, 1.82) is 0 Å². The first-order chi connectivity index (χ1) is 17.5. The van der Waals surface area contributed by atoms with Gasteiger partial charge >= 0.3 is 0 Å². The lowest BCUT2D eigenvalue weighted by molar-refractivity contribution is -0.122. The van der Waals surface area contributed by atoms with Gasteiger partial charge in [0.05, 0.1) is 30.2 Å². The van der Waals surface area contributed by atoms with E-state index in [-0.39, 0.29) is 11.9 Å². The first-order valence-electron chi connectivity index (χ1n) is 12.5. The summed E-state index contributed by atoms with van der Waals surface area (Å²) < 4.78 is 33.9. The number of halogens is 2. The Morgan fingerprint density at radius 2 is 1.94 bits per heavy atom. The third-order valence-electron chi connectivity index (χ3n) is 7.53. The van der Waals surface area contributed by atoms with E-state index in [1.807, 2.05) is 17.0 Å². The summed E-state index contributed by atoms with van der Waals surface area (Å²) in [5.41, 5.74) is 0.998. The van der Waals surface area contributed by atoms with Crippen LogP contribution in [0.5, 0.6) is 0 Å². The predicted molar refractivity (Wildman–Crippen MR) is 131 cm³/mol. The monoisotopic (exact) mass is 494 g/mol. The molecule has 2 aliphatic heterocycles. The van der Waals surface area contributed by atoms with E-state index in [4.69, 9.17) is 9.72 Å². The number of nitrogens with one attached hydrogen (secondary N) is 1. The van der Waals surface area contributed by atoms with Gasteiger partial charge in [-0.3, -0.25) is 9.69 Å². The van der Waals surface area contributed by atoms with Gasteiger partial charge in [-0.15, -0.1) is 0 Å². The topological polar surface area (TPSA) is 83.5 Å². The van der Waals surface area contributed by atoms with E-state index in [1.54, 1.807) is 0 Å². The van der Waals surface area contributed by atoms with Crippen LogP contribution in [0.2, 0.25) is 0 Å². The Balaban J connectivity index is 1.27. The molecule has 0 spiro atoms. The SMILES string of the molecule is O=C(Nc1ncnc2ccc(N3CCC[C@@H]3c3cc(F)ccc3F)nc12)C1(CN2CCOCC2)CC1. The fourth-order valence-corrected chi connectivity index (χ4v) is 5.35. The Kier molecular flexibility index (Phi) is 6.00. The molecule has 6 rings (SSSR count). The summed E-state index contributed by atoms with van der Waals surface area (Å²) in [6.07, 6.45) is 4.62. The normalized spacial score (nSPS) is 21.6. The number of nitrogens with zero attached hydrogens (tertiary/aromatic N) is 5. The van der Waals surface area contributed by atoms with Gasteiger partial charge in [-0.05, 0) is 56.0 Å². The first kappa shape index (κ1) is 23.2. The number of hydrogen-bond donors (Lipinski definition) is 1. The molecule has 1 aliphatic carbocycles. The largest absolute Gasteiger partial charge is 0.379 e. The van der Waals surface area contributed by atoms with Crippen LogP contribution in [-0.2, 0) is 9.53 Å². The summed E-state index contributed by atoms with van der Waals surface area (Å²) >= 11 is 0. The fraction of sp³-hybridized carbons (Fsp3) is 0.462. The van der Waals surface area contributed by atoms with Crippen molar-refractivity contribution in [2.24, 2.45) is 5.41 Å². The molecule has 4 heterocycles. The lowest BCUT2D eigenvalue weighted by Crippen LogP contribution is -2.43. The second-order valence-electron chi connectivity index (χ2n) is 9.90. The third-order valence-corrected chi connectivity index (χ3v) is 7.53. The summed E-state index contributed by atoms with van der Waals surface area (Å²) in [6.45, 7) is 4.42. The quantitative estimate of drug-likeness (QED) is 0.560. The number of carbonyl (C=O) groups excluding carboxylic acids is 1. The number of anilines is 2. The average Bonchev–Trinajstić information content (AvgIpc) is 3.51. The van der Waals surface area contributed by atoms with E-state index >= 15 is 0 Å². The van der Waals surface area contributed by atoms with Gasteiger partial charge in [0.1, 0.15) is 29.3 Å². The summed E-state index contributed by atoms with van der Waals surface area (Å²) in [5.74, 6) is 0.0397. The van der Waals surface area contributed by atoms with Crippen LogP contribution in [0.1, 0.15) is 37.3 Å². The minimum Gasteiger partial charge on any atom is -0.379 e. The van der Waals surface area contributed by atoms with Crippen molar-refractivity contribution in [1.82, 2.24) is 19.9 Å². The zero-order chi connectivity index (χ0) is 24.7. The standard InChI is InChI=1S/C26H28F2N6O2/c27-17-3-4-19(28)18(14-17)21-2-1-9-34(21)22-6-5-20-23(31-22)24(30-16-29-20)32-25(35)26(7-8-26)15-33-10-12-36-13-11-33/h3-6,14,16,21H,1-2,7-13,15H2,(H,29,30,32,35)/t21-/m1/s1. The number of pyridine rings is 1. The Morgan fingerprint density at radius 1 is 1.11 bits per heavy atom. The highest BCUT2D eigenvalue weighted by atomic mass is 19.1. The second-order valence-corrected chi connectivity index (χ2v) is 9.90. The Bertz CT molecular complexity index is 1290. The van der Waals surface area contributed by atoms with Crippen LogP contribution in [0, 0.1) is 17.0 Å². The van der Waals surface area contributed by atoms with Crippen LogP contribution in [0.25, 0.3) is 11.0 Å². The molecular weight excluding hydrogens is 466 g/mol. The average molecular weight is 495 g/mol. The van der Waals surface area contributed by atoms with Crippen molar-refractivity contribution in [3.8, 4) is 0 Å². The molecule has 0 unspecified atom stereocenters. The van der Waals surface area contributed by atoms with Gasteiger partial charge in [0.2, 0.25) is 5.91 Å². The van der Waals surface area contributed by atoms with Crippen LogP contribution in [-0.4, -0.2) is 65.2 Å². The summed E-state index contributed by atoms with van der Waals surface area (Å²) in [7, 11) is 0. The number of fused-ring (bicyclic) bond motifs is 1. The van der Waals surface area contributed by atoms with Crippen molar-refractivity contribution >= 4 is 28.6 Å². The molecule has 8 nitrogen and oxygen atoms in total. The molecule has 3 fully saturated rings. The van der Waals surface area contributed by atoms with Gasteiger partial charge in [-0.25, -0.2) is 23.7 Å². The zero-order valence-corrected chi connectivity index (χ0v) is 19.9. The molecule has 188 valence electrons. The Hall–Kier alpha value is -3.24. The van der Waals surface area contributed by atoms with Gasteiger partial charge in [0.25, 0.3) is 0 Å². The second kappa shape index (κ2) is 9.33. The van der Waals surface area contributed by atoms with Crippen molar-refractivity contribution in [3.63, 3.8) is 0 Å². The molecule has 0 bridgehead atoms. The number of ether oxygens (including phenoxy) is 1. The molecule has 2 aromatic heterocycles. The molecule has 36 heavy (non-hydrogen) atoms. The van der Waals surface area contributed by atoms with Crippen LogP contribution < -0.4 is 10.2 Å². The summed E-state index contributed by atoms with van der Waals surface area (Å²) in [6, 6.07) is 6.89. The molecule has 1 saturated carbocycles. The number of hydrogen-bond acceptors (Lipinski definition) is 7. The molecule has 3 aliphatic rings. The summed E-state index contributed by atoms with van der Waals surface area (Å²) in [5, 5.41) is 3.02. The molecule has 1 aromatic carbocycles. The predicted octanol–water partition coefficient (Wildman–Crippen LogP) is 3.70. The highest BCUT2D eigenvalue weighted by molar-refractivity contribution is 6.01. The van der Waals surface area contributed by atoms with Crippen molar-refractivity contribution in [2.75, 3.05) is 49.6 Å². The maximum Gasteiger partial charge on any atom is 0.233 e. The third kappa shape index (κ3) is 4.39. The Labute approximate surface area is 207 Å². The minimum absolute atomic E-state index is 0.0536. The maximum absolute atomic E-state index is 14.6. The molecule has 0 radical (unpaired) electrons. The lowest BCUT2D eigenvalue weighted by Gasteiger charge is -2.30. The van der Waals surface area contributed by atoms with Gasteiger partial charge < -0.3 is 15.0 Å². The van der Waals surface area contributed by atoms with E-state index < -0.39 is 17.0 Å². The number of carbonyl (C=O) groups is 1. The molecule has 3 aromatic rings. The molecule has 2 saturated heterocycles. The number of rotatable bonds is 6. The first-order valence-corrected chi connectivity index (χ1v) is 12.5. The number of amides is 1. The zero-order valence-electron chi connectivity index (χ0n) is 19.9. The van der Waals surface area contributed by atoms with Gasteiger partial charge in [0.15, 0.2) is 5.82 Å². The summed E-state index contributed by atoms with van der Waals surface area (Å²) in [4.78, 5) is 31.0. The van der Waals surface area contributed by atoms with Crippen LogP contribution in [0.15, 0.2) is 36.7 Å². The van der Waals surface area contributed by atoms with Crippen LogP contribution in [0.3, 0.4) is 0 Å². The van der Waals surface area contributed by atoms with Crippen molar-refractivity contribution in [3.05, 3.63) is 53.9 Å². The Morgan fingerprint density at radius 3 is 2.75 bits per heavy atom. The van der Waals surface area contributed by atoms with E-state index in [1.165, 1.54) is 18.5 Å². The smallest absolute Gasteiger partial charge is 0.233 e. The van der Waals surface area contributed by atoms with Gasteiger partial charge in [-0.1, -0.05) is 0 Å². The van der Waals surface area contributed by atoms with E-state index in [0.29, 0.717) is 61.0 Å². The molecule has 10 heteroatoms. The number of morpholine rings is 1. The van der Waals surface area contributed by atoms with E-state index in [9.17, 15) is 13.6 Å². The van der Waals surface area contributed by atoms with Gasteiger partial charge in [-0.2, -0.15) is 0 Å². The highest BCUT2D eigenvalue weighted by Crippen LogP contribution is 2.47. The van der Waals surface area contributed by atoms with Crippen LogP contribution in [0.4, 0.5) is 20.4 Å². The maximum atomic E-state index is 14.6. The van der Waals surface area contributed by atoms with Gasteiger partial charge in [0, 0.05) is 31.7 Å². The minimum atomic E-state index is -0.464. The van der Waals surface area contributed by atoms with E-state index in [0.717, 1.165) is 38.4 Å². The lowest BCUT2D eigenvalue weighted by atomic mass is 10.0. The van der Waals surface area contributed by atoms with Crippen LogP contribution >= 0.6 is 0 Å². The van der Waals surface area contributed by atoms with Crippen molar-refractivity contribution in [2.45, 2.75) is 31.7 Å². The number of aromatic nitrogens is 3. The molecule has 1 atom stereocenters. The number of benzene rings is 1. The fourth-order valence-electron chi connectivity index (χ4n) is 5.35. The molecular formula is C26H28F2N6O2. The highest BCUT2D eigenvalue weighted by Gasteiger charge is 2.51. The molecule has 1 amide bonds. The molecule has 1 N–H and O–H groups in total. The van der Waals surface area contributed by atoms with E-state index in [2.05, 4.69) is 20.2 Å². The van der Waals surface area contributed by atoms with Crippen molar-refractivity contribution < 1.29 is 18.3 Å².